The van der Waals surface area contributed by atoms with Crippen LogP contribution >= 0.6 is 0 Å². The van der Waals surface area contributed by atoms with E-state index in [1.165, 1.54) is 4.90 Å². The van der Waals surface area contributed by atoms with E-state index in [1.54, 1.807) is 25.3 Å². The average Bonchev–Trinajstić information content (AvgIpc) is 2.54. The molecule has 2 rings (SSSR count). The first kappa shape index (κ1) is 12.3. The van der Waals surface area contributed by atoms with E-state index in [-0.39, 0.29) is 18.5 Å². The first-order valence-electron chi connectivity index (χ1n) is 5.81. The monoisotopic (exact) mass is 248 g/mol. The highest BCUT2D eigenvalue weighted by Crippen LogP contribution is 2.22. The van der Waals surface area contributed by atoms with Gasteiger partial charge in [0.25, 0.3) is 5.91 Å². The van der Waals surface area contributed by atoms with Gasteiger partial charge >= 0.3 is 6.03 Å². The molecule has 0 aliphatic carbocycles. The summed E-state index contributed by atoms with van der Waals surface area (Å²) in [5.41, 5.74) is 5.55. The predicted octanol–water partition coefficient (Wildman–Crippen LogP) is 0.884. The third-order valence-electron chi connectivity index (χ3n) is 3.24. The Bertz CT molecular complexity index is 503. The predicted molar refractivity (Wildman–Crippen MR) is 66.4 cm³/mol. The van der Waals surface area contributed by atoms with Crippen molar-refractivity contribution in [2.45, 2.75) is 32.4 Å². The molecule has 0 aromatic carbocycles. The van der Waals surface area contributed by atoms with Gasteiger partial charge in [0, 0.05) is 6.20 Å². The van der Waals surface area contributed by atoms with Crippen LogP contribution in [0.4, 0.5) is 10.6 Å². The Hall–Kier alpha value is -2.11. The number of carbonyl (C=O) groups excluding carboxylic acids is 2. The van der Waals surface area contributed by atoms with Gasteiger partial charge in [-0.1, -0.05) is 6.92 Å². The van der Waals surface area contributed by atoms with Crippen molar-refractivity contribution in [2.75, 3.05) is 5.73 Å². The van der Waals surface area contributed by atoms with E-state index < -0.39 is 5.54 Å². The quantitative estimate of drug-likeness (QED) is 0.777. The first-order chi connectivity index (χ1) is 8.46. The molecule has 1 aromatic heterocycles. The lowest BCUT2D eigenvalue weighted by Gasteiger charge is -2.19. The molecule has 2 heterocycles. The lowest BCUT2D eigenvalue weighted by molar-refractivity contribution is -0.131. The number of hydrogen-bond donors (Lipinski definition) is 2. The van der Waals surface area contributed by atoms with Crippen LogP contribution in [0, 0.1) is 0 Å². The van der Waals surface area contributed by atoms with Crippen LogP contribution in [0.1, 0.15) is 25.8 Å². The summed E-state index contributed by atoms with van der Waals surface area (Å²) in [6.45, 7) is 3.81. The maximum Gasteiger partial charge on any atom is 0.325 e. The number of aromatic nitrogens is 1. The summed E-state index contributed by atoms with van der Waals surface area (Å²) in [5, 5.41) is 2.71. The number of nitrogens with one attached hydrogen (secondary N) is 1. The van der Waals surface area contributed by atoms with Gasteiger partial charge in [-0.15, -0.1) is 0 Å². The summed E-state index contributed by atoms with van der Waals surface area (Å²) in [5.74, 6) is 0.170. The van der Waals surface area contributed by atoms with Gasteiger partial charge in [0.1, 0.15) is 11.4 Å². The number of amides is 3. The molecule has 6 heteroatoms. The third kappa shape index (κ3) is 2.01. The Kier molecular flexibility index (Phi) is 2.94. The fourth-order valence-electron chi connectivity index (χ4n) is 1.91. The van der Waals surface area contributed by atoms with Crippen LogP contribution in [-0.4, -0.2) is 27.4 Å². The van der Waals surface area contributed by atoms with Gasteiger partial charge in [-0.2, -0.15) is 0 Å². The normalized spacial score (nSPS) is 23.3. The molecule has 1 aromatic rings. The van der Waals surface area contributed by atoms with E-state index in [4.69, 9.17) is 5.73 Å². The molecule has 6 nitrogen and oxygen atoms in total. The maximum absolute atomic E-state index is 12.2. The topological polar surface area (TPSA) is 88.3 Å². The lowest BCUT2D eigenvalue weighted by atomic mass is 9.99. The molecule has 1 saturated heterocycles. The van der Waals surface area contributed by atoms with E-state index in [2.05, 4.69) is 10.3 Å². The summed E-state index contributed by atoms with van der Waals surface area (Å²) < 4.78 is 0. The van der Waals surface area contributed by atoms with Crippen molar-refractivity contribution >= 4 is 17.8 Å². The number of rotatable bonds is 3. The largest absolute Gasteiger partial charge is 0.384 e. The number of imide groups is 1. The third-order valence-corrected chi connectivity index (χ3v) is 3.24. The minimum atomic E-state index is -0.796. The van der Waals surface area contributed by atoms with Crippen LogP contribution < -0.4 is 11.1 Å². The molecule has 1 fully saturated rings. The number of anilines is 1. The Morgan fingerprint density at radius 2 is 2.22 bits per heavy atom. The molecular formula is C12H16N4O2. The molecule has 0 saturated carbocycles. The van der Waals surface area contributed by atoms with Crippen molar-refractivity contribution in [3.8, 4) is 0 Å². The fourth-order valence-corrected chi connectivity index (χ4v) is 1.91. The molecule has 1 atom stereocenters. The zero-order valence-electron chi connectivity index (χ0n) is 10.4. The Labute approximate surface area is 105 Å². The molecule has 3 amide bonds. The number of nitrogen functional groups attached to an aromatic ring is 1. The Morgan fingerprint density at radius 3 is 2.78 bits per heavy atom. The molecule has 1 aliphatic rings. The van der Waals surface area contributed by atoms with Crippen LogP contribution in [0.3, 0.4) is 0 Å². The summed E-state index contributed by atoms with van der Waals surface area (Å²) in [4.78, 5) is 29.0. The van der Waals surface area contributed by atoms with Crippen molar-refractivity contribution in [1.29, 1.82) is 0 Å². The Balaban J connectivity index is 2.20. The summed E-state index contributed by atoms with van der Waals surface area (Å²) in [6, 6.07) is 3.03. The molecule has 1 unspecified atom stereocenters. The van der Waals surface area contributed by atoms with Gasteiger partial charge in [0.2, 0.25) is 0 Å². The smallest absolute Gasteiger partial charge is 0.325 e. The van der Waals surface area contributed by atoms with Gasteiger partial charge in [0.15, 0.2) is 0 Å². The zero-order chi connectivity index (χ0) is 13.3. The minimum absolute atomic E-state index is 0.203. The van der Waals surface area contributed by atoms with Crippen molar-refractivity contribution in [3.05, 3.63) is 23.9 Å². The first-order valence-corrected chi connectivity index (χ1v) is 5.81. The number of nitrogens with zero attached hydrogens (tertiary/aromatic N) is 2. The molecule has 0 radical (unpaired) electrons. The highest BCUT2D eigenvalue weighted by atomic mass is 16.2. The highest BCUT2D eigenvalue weighted by molar-refractivity contribution is 6.06. The highest BCUT2D eigenvalue weighted by Gasteiger charge is 2.46. The maximum atomic E-state index is 12.2. The molecule has 1 aliphatic heterocycles. The molecule has 96 valence electrons. The van der Waals surface area contributed by atoms with Crippen molar-refractivity contribution in [1.82, 2.24) is 15.2 Å². The number of urea groups is 1. The summed E-state index contributed by atoms with van der Waals surface area (Å²) >= 11 is 0. The van der Waals surface area contributed by atoms with E-state index >= 15 is 0 Å². The van der Waals surface area contributed by atoms with Gasteiger partial charge in [-0.3, -0.25) is 9.69 Å². The SMILES string of the molecule is CCC1(C)NC(=O)N(Cc2ccnc(N)c2)C1=O. The van der Waals surface area contributed by atoms with Crippen LogP contribution in [0.5, 0.6) is 0 Å². The zero-order valence-corrected chi connectivity index (χ0v) is 10.4. The van der Waals surface area contributed by atoms with Gasteiger partial charge in [0.05, 0.1) is 6.54 Å². The van der Waals surface area contributed by atoms with Gasteiger partial charge < -0.3 is 11.1 Å². The second-order valence-corrected chi connectivity index (χ2v) is 4.60. The minimum Gasteiger partial charge on any atom is -0.384 e. The molecular weight excluding hydrogens is 232 g/mol. The Morgan fingerprint density at radius 1 is 1.50 bits per heavy atom. The number of pyridine rings is 1. The molecule has 18 heavy (non-hydrogen) atoms. The standard InChI is InChI=1S/C12H16N4O2/c1-3-12(2)10(17)16(11(18)15-12)7-8-4-5-14-9(13)6-8/h4-6H,3,7H2,1-2H3,(H2,13,14)(H,15,18). The van der Waals surface area contributed by atoms with Crippen LogP contribution in [0.2, 0.25) is 0 Å². The summed E-state index contributed by atoms with van der Waals surface area (Å²) in [6.07, 6.45) is 2.12. The number of hydrogen-bond acceptors (Lipinski definition) is 4. The number of carbonyl (C=O) groups is 2. The van der Waals surface area contributed by atoms with Crippen LogP contribution in [0.15, 0.2) is 18.3 Å². The van der Waals surface area contributed by atoms with Gasteiger partial charge in [-0.05, 0) is 31.0 Å². The number of nitrogens with two attached hydrogens (primary N) is 1. The van der Waals surface area contributed by atoms with Gasteiger partial charge in [-0.25, -0.2) is 9.78 Å². The fraction of sp³-hybridized carbons (Fsp3) is 0.417. The summed E-state index contributed by atoms with van der Waals surface area (Å²) in [7, 11) is 0. The molecule has 3 N–H and O–H groups in total. The van der Waals surface area contributed by atoms with Crippen LogP contribution in [0.25, 0.3) is 0 Å². The van der Waals surface area contributed by atoms with E-state index in [0.29, 0.717) is 12.2 Å². The van der Waals surface area contributed by atoms with Crippen LogP contribution in [-0.2, 0) is 11.3 Å². The van der Waals surface area contributed by atoms with Crippen molar-refractivity contribution < 1.29 is 9.59 Å². The lowest BCUT2D eigenvalue weighted by Crippen LogP contribution is -2.43. The van der Waals surface area contributed by atoms with Crippen molar-refractivity contribution in [2.24, 2.45) is 0 Å². The molecule has 0 spiro atoms. The van der Waals surface area contributed by atoms with E-state index in [0.717, 1.165) is 5.56 Å². The van der Waals surface area contributed by atoms with E-state index in [1.807, 2.05) is 6.92 Å². The second-order valence-electron chi connectivity index (χ2n) is 4.60. The second kappa shape index (κ2) is 4.29. The van der Waals surface area contributed by atoms with Crippen molar-refractivity contribution in [3.63, 3.8) is 0 Å². The molecule has 0 bridgehead atoms. The van der Waals surface area contributed by atoms with E-state index in [9.17, 15) is 9.59 Å². The average molecular weight is 248 g/mol.